The highest BCUT2D eigenvalue weighted by molar-refractivity contribution is 5.75. The second kappa shape index (κ2) is 9.86. The molecule has 0 heterocycles. The van der Waals surface area contributed by atoms with Gasteiger partial charge in [0.15, 0.2) is 11.5 Å². The van der Waals surface area contributed by atoms with Gasteiger partial charge in [0, 0.05) is 18.6 Å². The Morgan fingerprint density at radius 2 is 1.48 bits per heavy atom. The molecule has 150 valence electrons. The van der Waals surface area contributed by atoms with Gasteiger partial charge in [-0.3, -0.25) is 0 Å². The van der Waals surface area contributed by atoms with Gasteiger partial charge in [0.2, 0.25) is 0 Å². The minimum Gasteiger partial charge on any atom is -0.493 e. The van der Waals surface area contributed by atoms with Crippen LogP contribution in [0.15, 0.2) is 18.2 Å². The molecule has 0 atom stereocenters. The molecule has 0 radical (unpaired) electrons. The Balaban J connectivity index is 1.66. The fourth-order valence-electron chi connectivity index (χ4n) is 4.61. The van der Waals surface area contributed by atoms with Gasteiger partial charge in [-0.15, -0.1) is 0 Å². The van der Waals surface area contributed by atoms with Crippen molar-refractivity contribution < 1.29 is 14.3 Å². The number of hydrogen-bond acceptors (Lipinski definition) is 3. The number of ether oxygens (including phenoxy) is 2. The summed E-state index contributed by atoms with van der Waals surface area (Å²) in [6, 6.07) is 6.72. The van der Waals surface area contributed by atoms with Crippen LogP contribution in [0.4, 0.5) is 4.79 Å². The third-order valence-electron chi connectivity index (χ3n) is 6.06. The number of nitrogens with one attached hydrogen (secondary N) is 1. The highest BCUT2D eigenvalue weighted by atomic mass is 16.5. The Hall–Kier alpha value is -1.91. The van der Waals surface area contributed by atoms with Crippen molar-refractivity contribution in [2.24, 2.45) is 0 Å². The number of methoxy groups -OCH3 is 2. The van der Waals surface area contributed by atoms with E-state index in [1.165, 1.54) is 38.5 Å². The largest absolute Gasteiger partial charge is 0.493 e. The van der Waals surface area contributed by atoms with Crippen molar-refractivity contribution in [2.75, 3.05) is 14.2 Å². The number of benzene rings is 1. The topological polar surface area (TPSA) is 50.8 Å². The third-order valence-corrected chi connectivity index (χ3v) is 6.06. The van der Waals surface area contributed by atoms with E-state index >= 15 is 0 Å². The molecule has 1 aromatic rings. The molecule has 0 unspecified atom stereocenters. The molecule has 0 saturated heterocycles. The summed E-state index contributed by atoms with van der Waals surface area (Å²) < 4.78 is 10.7. The van der Waals surface area contributed by atoms with Crippen molar-refractivity contribution in [2.45, 2.75) is 82.8 Å². The minimum absolute atomic E-state index is 0.101. The maximum atomic E-state index is 13.2. The van der Waals surface area contributed by atoms with Crippen LogP contribution in [-0.4, -0.2) is 37.2 Å². The van der Waals surface area contributed by atoms with Crippen LogP contribution >= 0.6 is 0 Å². The Morgan fingerprint density at radius 3 is 2.00 bits per heavy atom. The zero-order valence-corrected chi connectivity index (χ0v) is 16.8. The summed E-state index contributed by atoms with van der Waals surface area (Å²) in [4.78, 5) is 15.4. The number of urea groups is 1. The summed E-state index contributed by atoms with van der Waals surface area (Å²) in [6.07, 6.45) is 12.2. The number of hydrogen-bond donors (Lipinski definition) is 1. The monoisotopic (exact) mass is 374 g/mol. The van der Waals surface area contributed by atoms with Crippen LogP contribution in [0.2, 0.25) is 0 Å². The smallest absolute Gasteiger partial charge is 0.318 e. The van der Waals surface area contributed by atoms with E-state index in [0.717, 1.165) is 31.2 Å². The Labute approximate surface area is 163 Å². The zero-order chi connectivity index (χ0) is 19.1. The van der Waals surface area contributed by atoms with E-state index in [-0.39, 0.29) is 6.03 Å². The minimum atomic E-state index is 0.101. The number of amides is 2. The second-order valence-electron chi connectivity index (χ2n) is 7.84. The normalized spacial score (nSPS) is 18.7. The van der Waals surface area contributed by atoms with E-state index in [1.54, 1.807) is 14.2 Å². The third kappa shape index (κ3) is 5.08. The van der Waals surface area contributed by atoms with Gasteiger partial charge in [0.25, 0.3) is 0 Å². The molecule has 2 amide bonds. The number of nitrogens with zero attached hydrogens (tertiary/aromatic N) is 1. The van der Waals surface area contributed by atoms with Crippen LogP contribution in [0.5, 0.6) is 11.5 Å². The molecule has 2 fully saturated rings. The quantitative estimate of drug-likeness (QED) is 0.772. The van der Waals surface area contributed by atoms with Crippen LogP contribution < -0.4 is 14.8 Å². The second-order valence-corrected chi connectivity index (χ2v) is 7.84. The SMILES string of the molecule is COc1ccc(CNC(=O)N(C2CCCCC2)C2CCCCC2)cc1OC. The van der Waals surface area contributed by atoms with Gasteiger partial charge in [-0.05, 0) is 43.4 Å². The van der Waals surface area contributed by atoms with E-state index in [4.69, 9.17) is 9.47 Å². The summed E-state index contributed by atoms with van der Waals surface area (Å²) in [5.74, 6) is 1.40. The zero-order valence-electron chi connectivity index (χ0n) is 16.8. The lowest BCUT2D eigenvalue weighted by Gasteiger charge is -2.41. The molecule has 0 bridgehead atoms. The molecular formula is C22H34N2O3. The first-order valence-corrected chi connectivity index (χ1v) is 10.5. The average Bonchev–Trinajstić information content (AvgIpc) is 2.73. The van der Waals surface area contributed by atoms with Crippen LogP contribution in [-0.2, 0) is 6.54 Å². The van der Waals surface area contributed by atoms with Gasteiger partial charge >= 0.3 is 6.03 Å². The predicted octanol–water partition coefficient (Wildman–Crippen LogP) is 4.88. The molecule has 3 rings (SSSR count). The van der Waals surface area contributed by atoms with Crippen molar-refractivity contribution in [3.63, 3.8) is 0 Å². The van der Waals surface area contributed by atoms with Gasteiger partial charge in [-0.1, -0.05) is 44.6 Å². The van der Waals surface area contributed by atoms with E-state index in [1.807, 2.05) is 18.2 Å². The maximum Gasteiger partial charge on any atom is 0.318 e. The van der Waals surface area contributed by atoms with Crippen molar-refractivity contribution in [3.05, 3.63) is 23.8 Å². The molecule has 0 spiro atoms. The van der Waals surface area contributed by atoms with Crippen molar-refractivity contribution in [1.29, 1.82) is 0 Å². The van der Waals surface area contributed by atoms with Crippen LogP contribution in [0.1, 0.15) is 69.8 Å². The van der Waals surface area contributed by atoms with Gasteiger partial charge in [-0.25, -0.2) is 4.79 Å². The van der Waals surface area contributed by atoms with Gasteiger partial charge in [0.1, 0.15) is 0 Å². The molecule has 2 saturated carbocycles. The highest BCUT2D eigenvalue weighted by Gasteiger charge is 2.32. The molecule has 1 N–H and O–H groups in total. The lowest BCUT2D eigenvalue weighted by Crippen LogP contribution is -2.52. The van der Waals surface area contributed by atoms with Crippen molar-refractivity contribution in [1.82, 2.24) is 10.2 Å². The first kappa shape index (κ1) is 19.8. The van der Waals surface area contributed by atoms with E-state index in [9.17, 15) is 4.79 Å². The summed E-state index contributed by atoms with van der Waals surface area (Å²) in [5, 5.41) is 3.17. The van der Waals surface area contributed by atoms with E-state index in [0.29, 0.717) is 30.1 Å². The Kier molecular flexibility index (Phi) is 7.25. The van der Waals surface area contributed by atoms with E-state index in [2.05, 4.69) is 10.2 Å². The maximum absolute atomic E-state index is 13.2. The number of carbonyl (C=O) groups excluding carboxylic acids is 1. The summed E-state index contributed by atoms with van der Waals surface area (Å²) in [5.41, 5.74) is 1.02. The number of rotatable bonds is 6. The molecule has 1 aromatic carbocycles. The molecule has 2 aliphatic carbocycles. The van der Waals surface area contributed by atoms with Crippen LogP contribution in [0, 0.1) is 0 Å². The number of carbonyl (C=O) groups is 1. The summed E-state index contributed by atoms with van der Waals surface area (Å²) in [6.45, 7) is 0.509. The Morgan fingerprint density at radius 1 is 0.926 bits per heavy atom. The first-order chi connectivity index (χ1) is 13.2. The fourth-order valence-corrected chi connectivity index (χ4v) is 4.61. The van der Waals surface area contributed by atoms with Crippen molar-refractivity contribution in [3.8, 4) is 11.5 Å². The van der Waals surface area contributed by atoms with Crippen LogP contribution in [0.25, 0.3) is 0 Å². The molecule has 5 nitrogen and oxygen atoms in total. The Bertz CT molecular complexity index is 590. The summed E-state index contributed by atoms with van der Waals surface area (Å²) in [7, 11) is 3.26. The molecule has 0 aliphatic heterocycles. The standard InChI is InChI=1S/C22H34N2O3/c1-26-20-14-13-17(15-21(20)27-2)16-23-22(25)24(18-9-5-3-6-10-18)19-11-7-4-8-12-19/h13-15,18-19H,3-12,16H2,1-2H3,(H,23,25). The lowest BCUT2D eigenvalue weighted by molar-refractivity contribution is 0.104. The van der Waals surface area contributed by atoms with Gasteiger partial charge < -0.3 is 19.7 Å². The summed E-state index contributed by atoms with van der Waals surface area (Å²) >= 11 is 0. The molecule has 5 heteroatoms. The lowest BCUT2D eigenvalue weighted by atomic mass is 9.89. The van der Waals surface area contributed by atoms with Gasteiger partial charge in [-0.2, -0.15) is 0 Å². The molecular weight excluding hydrogens is 340 g/mol. The van der Waals surface area contributed by atoms with Crippen LogP contribution in [0.3, 0.4) is 0 Å². The molecule has 27 heavy (non-hydrogen) atoms. The fraction of sp³-hybridized carbons (Fsp3) is 0.682. The highest BCUT2D eigenvalue weighted by Crippen LogP contribution is 2.31. The average molecular weight is 375 g/mol. The molecule has 0 aromatic heterocycles. The first-order valence-electron chi connectivity index (χ1n) is 10.5. The predicted molar refractivity (Wildman–Crippen MR) is 107 cm³/mol. The van der Waals surface area contributed by atoms with Crippen molar-refractivity contribution >= 4 is 6.03 Å². The van der Waals surface area contributed by atoms with Gasteiger partial charge in [0.05, 0.1) is 14.2 Å². The molecule has 2 aliphatic rings. The van der Waals surface area contributed by atoms with E-state index < -0.39 is 0 Å².